The highest BCUT2D eigenvalue weighted by molar-refractivity contribution is 5.73. The second-order valence-corrected chi connectivity index (χ2v) is 9.38. The summed E-state index contributed by atoms with van der Waals surface area (Å²) in [5.41, 5.74) is 2.43. The van der Waals surface area contributed by atoms with Crippen LogP contribution >= 0.6 is 0 Å². The lowest BCUT2D eigenvalue weighted by atomic mass is 9.69. The van der Waals surface area contributed by atoms with E-state index in [2.05, 4.69) is 48.6 Å². The number of nitrogens with zero attached hydrogens (tertiary/aromatic N) is 1. The molecule has 0 amide bonds. The maximum atomic E-state index is 11.5. The Morgan fingerprint density at radius 2 is 1.29 bits per heavy atom. The SMILES string of the molecule is COc1ccc(C(/C=C/CN2CCC[C@@H]2[C@H](O)C(=O)O)(c2ccc(OC)cc2)c2ccc(OC)cc2)cc1. The van der Waals surface area contributed by atoms with Crippen molar-refractivity contribution in [2.45, 2.75) is 30.4 Å². The van der Waals surface area contributed by atoms with Gasteiger partial charge in [-0.1, -0.05) is 48.6 Å². The molecule has 3 aromatic carbocycles. The quantitative estimate of drug-likeness (QED) is 0.286. The Morgan fingerprint density at radius 3 is 1.66 bits per heavy atom. The molecule has 4 rings (SSSR count). The van der Waals surface area contributed by atoms with E-state index in [1.165, 1.54) is 0 Å². The third kappa shape index (κ3) is 5.54. The molecule has 0 bridgehead atoms. The van der Waals surface area contributed by atoms with Gasteiger partial charge in [0.05, 0.1) is 26.7 Å². The second-order valence-electron chi connectivity index (χ2n) is 9.38. The zero-order chi connectivity index (χ0) is 27.1. The highest BCUT2D eigenvalue weighted by atomic mass is 16.5. The van der Waals surface area contributed by atoms with Crippen LogP contribution in [0.5, 0.6) is 17.2 Å². The first-order valence-corrected chi connectivity index (χ1v) is 12.7. The van der Waals surface area contributed by atoms with Gasteiger partial charge < -0.3 is 24.4 Å². The molecule has 7 heteroatoms. The minimum Gasteiger partial charge on any atom is -0.497 e. The first-order valence-electron chi connectivity index (χ1n) is 12.7. The molecule has 3 aromatic rings. The summed E-state index contributed by atoms with van der Waals surface area (Å²) < 4.78 is 16.3. The van der Waals surface area contributed by atoms with E-state index in [9.17, 15) is 15.0 Å². The number of aliphatic carboxylic acids is 1. The molecule has 0 aromatic heterocycles. The van der Waals surface area contributed by atoms with Gasteiger partial charge in [0.15, 0.2) is 6.10 Å². The number of carboxylic acids is 1. The van der Waals surface area contributed by atoms with Crippen molar-refractivity contribution in [2.75, 3.05) is 34.4 Å². The summed E-state index contributed by atoms with van der Waals surface area (Å²) in [5.74, 6) is 1.10. The van der Waals surface area contributed by atoms with Crippen molar-refractivity contribution >= 4 is 5.97 Å². The lowest BCUT2D eigenvalue weighted by Crippen LogP contribution is -2.43. The van der Waals surface area contributed by atoms with Crippen LogP contribution in [-0.4, -0.2) is 67.6 Å². The Kier molecular flexibility index (Phi) is 8.71. The van der Waals surface area contributed by atoms with Gasteiger partial charge in [0.1, 0.15) is 17.2 Å². The molecule has 2 N–H and O–H groups in total. The average Bonchev–Trinajstić information content (AvgIpc) is 3.43. The number of carbonyl (C=O) groups is 1. The van der Waals surface area contributed by atoms with Crippen LogP contribution in [0.15, 0.2) is 84.9 Å². The first-order chi connectivity index (χ1) is 18.4. The molecule has 1 heterocycles. The van der Waals surface area contributed by atoms with Gasteiger partial charge in [-0.15, -0.1) is 0 Å². The van der Waals surface area contributed by atoms with Crippen LogP contribution in [0, 0.1) is 0 Å². The van der Waals surface area contributed by atoms with E-state index in [0.29, 0.717) is 13.0 Å². The molecule has 200 valence electrons. The number of carboxylic acid groups (broad SMARTS) is 1. The van der Waals surface area contributed by atoms with Crippen molar-refractivity contribution in [2.24, 2.45) is 0 Å². The summed E-state index contributed by atoms with van der Waals surface area (Å²) in [4.78, 5) is 13.5. The first kappa shape index (κ1) is 27.2. The third-order valence-electron chi connectivity index (χ3n) is 7.38. The molecule has 1 saturated heterocycles. The monoisotopic (exact) mass is 517 g/mol. The predicted molar refractivity (Wildman–Crippen MR) is 146 cm³/mol. The summed E-state index contributed by atoms with van der Waals surface area (Å²) in [6.45, 7) is 1.25. The molecule has 1 aliphatic rings. The van der Waals surface area contributed by atoms with E-state index in [1.54, 1.807) is 21.3 Å². The molecule has 0 saturated carbocycles. The Morgan fingerprint density at radius 1 is 0.868 bits per heavy atom. The predicted octanol–water partition coefficient (Wildman–Crippen LogP) is 4.51. The number of methoxy groups -OCH3 is 3. The van der Waals surface area contributed by atoms with Crippen LogP contribution in [0.4, 0.5) is 0 Å². The lowest BCUT2D eigenvalue weighted by molar-refractivity contribution is -0.149. The van der Waals surface area contributed by atoms with Gasteiger partial charge in [-0.3, -0.25) is 4.90 Å². The number of aliphatic hydroxyl groups excluding tert-OH is 1. The zero-order valence-electron chi connectivity index (χ0n) is 22.0. The van der Waals surface area contributed by atoms with Crippen LogP contribution in [0.1, 0.15) is 29.5 Å². The van der Waals surface area contributed by atoms with Gasteiger partial charge >= 0.3 is 5.97 Å². The number of likely N-dealkylation sites (tertiary alicyclic amines) is 1. The molecule has 0 aliphatic carbocycles. The van der Waals surface area contributed by atoms with Crippen LogP contribution in [0.2, 0.25) is 0 Å². The third-order valence-corrected chi connectivity index (χ3v) is 7.38. The summed E-state index contributed by atoms with van der Waals surface area (Å²) >= 11 is 0. The Bertz CT molecular complexity index is 1110. The summed E-state index contributed by atoms with van der Waals surface area (Å²) in [7, 11) is 4.94. The average molecular weight is 518 g/mol. The lowest BCUT2D eigenvalue weighted by Gasteiger charge is -2.34. The molecule has 2 atom stereocenters. The largest absolute Gasteiger partial charge is 0.497 e. The molecule has 0 spiro atoms. The fourth-order valence-corrected chi connectivity index (χ4v) is 5.32. The highest BCUT2D eigenvalue weighted by Crippen LogP contribution is 2.42. The minimum atomic E-state index is -1.40. The molecule has 0 unspecified atom stereocenters. The Labute approximate surface area is 223 Å². The number of ether oxygens (including phenoxy) is 3. The minimum absolute atomic E-state index is 0.408. The van der Waals surface area contributed by atoms with Crippen LogP contribution in [0.25, 0.3) is 0 Å². The van der Waals surface area contributed by atoms with Crippen LogP contribution in [0.3, 0.4) is 0 Å². The summed E-state index contributed by atoms with van der Waals surface area (Å²) in [6.07, 6.45) is 4.35. The van der Waals surface area contributed by atoms with E-state index in [0.717, 1.165) is 46.9 Å². The normalized spacial score (nSPS) is 16.9. The molecule has 1 fully saturated rings. The van der Waals surface area contributed by atoms with E-state index < -0.39 is 23.5 Å². The molecular weight excluding hydrogens is 482 g/mol. The van der Waals surface area contributed by atoms with Crippen molar-refractivity contribution in [3.8, 4) is 17.2 Å². The standard InChI is InChI=1S/C31H35NO6/c1-36-25-13-7-22(8-14-25)31(23-9-15-26(37-2)16-10-23,24-11-17-27(38-3)18-12-24)19-5-21-32-20-4-6-28(32)29(33)30(34)35/h5,7-19,28-29,33H,4,6,20-21H2,1-3H3,(H,34,35)/b19-5+/t28-,29+/m1/s1. The molecular formula is C31H35NO6. The highest BCUT2D eigenvalue weighted by Gasteiger charge is 2.36. The zero-order valence-corrected chi connectivity index (χ0v) is 22.0. The Balaban J connectivity index is 1.83. The molecule has 0 radical (unpaired) electrons. The fourth-order valence-electron chi connectivity index (χ4n) is 5.32. The van der Waals surface area contributed by atoms with Gasteiger partial charge in [-0.25, -0.2) is 4.79 Å². The maximum Gasteiger partial charge on any atom is 0.334 e. The van der Waals surface area contributed by atoms with Crippen molar-refractivity contribution in [3.63, 3.8) is 0 Å². The Hall–Kier alpha value is -3.81. The topological polar surface area (TPSA) is 88.5 Å². The van der Waals surface area contributed by atoms with Crippen LogP contribution in [-0.2, 0) is 10.2 Å². The van der Waals surface area contributed by atoms with Crippen molar-refractivity contribution in [3.05, 3.63) is 102 Å². The molecule has 7 nitrogen and oxygen atoms in total. The van der Waals surface area contributed by atoms with Crippen LogP contribution < -0.4 is 14.2 Å². The van der Waals surface area contributed by atoms with Gasteiger partial charge in [0.25, 0.3) is 0 Å². The van der Waals surface area contributed by atoms with Gasteiger partial charge in [-0.2, -0.15) is 0 Å². The van der Waals surface area contributed by atoms with Gasteiger partial charge in [0, 0.05) is 12.6 Å². The fraction of sp³-hybridized carbons (Fsp3) is 0.323. The van der Waals surface area contributed by atoms with E-state index >= 15 is 0 Å². The number of benzene rings is 3. The number of aliphatic hydroxyl groups is 1. The molecule has 38 heavy (non-hydrogen) atoms. The summed E-state index contributed by atoms with van der Waals surface area (Å²) in [5, 5.41) is 19.6. The smallest absolute Gasteiger partial charge is 0.334 e. The van der Waals surface area contributed by atoms with E-state index in [4.69, 9.17) is 14.2 Å². The maximum absolute atomic E-state index is 11.5. The summed E-state index contributed by atoms with van der Waals surface area (Å²) in [6, 6.07) is 23.6. The number of allylic oxidation sites excluding steroid dienone is 1. The number of hydrogen-bond acceptors (Lipinski definition) is 6. The van der Waals surface area contributed by atoms with Crippen molar-refractivity contribution < 1.29 is 29.2 Å². The van der Waals surface area contributed by atoms with Crippen molar-refractivity contribution in [1.29, 1.82) is 0 Å². The van der Waals surface area contributed by atoms with E-state index in [-0.39, 0.29) is 0 Å². The van der Waals surface area contributed by atoms with E-state index in [1.807, 2.05) is 41.3 Å². The van der Waals surface area contributed by atoms with Gasteiger partial charge in [-0.05, 0) is 72.5 Å². The second kappa shape index (κ2) is 12.2. The van der Waals surface area contributed by atoms with Gasteiger partial charge in [0.2, 0.25) is 0 Å². The number of rotatable bonds is 11. The molecule has 1 aliphatic heterocycles. The number of hydrogen-bond donors (Lipinski definition) is 2. The van der Waals surface area contributed by atoms with Crippen molar-refractivity contribution in [1.82, 2.24) is 4.90 Å².